The van der Waals surface area contributed by atoms with Gasteiger partial charge in [-0.2, -0.15) is 8.42 Å². The van der Waals surface area contributed by atoms with E-state index >= 15 is 0 Å². The van der Waals surface area contributed by atoms with Gasteiger partial charge in [0, 0.05) is 18.9 Å². The number of hydrogen-bond donors (Lipinski definition) is 2. The number of hydrogen-bond acceptors (Lipinski definition) is 5. The lowest BCUT2D eigenvalue weighted by Gasteiger charge is -2.34. The summed E-state index contributed by atoms with van der Waals surface area (Å²) in [4.78, 5) is -0.0982. The predicted octanol–water partition coefficient (Wildman–Crippen LogP) is 1.63. The molecule has 0 aromatic heterocycles. The third kappa shape index (κ3) is 4.61. The Morgan fingerprint density at radius 2 is 2.25 bits per heavy atom. The minimum Gasteiger partial charge on any atom is -0.380 e. The molecule has 0 saturated carbocycles. The highest BCUT2D eigenvalue weighted by atomic mass is 32.2. The minimum atomic E-state index is -4.34. The average molecular weight is 359 g/mol. The van der Waals surface area contributed by atoms with Gasteiger partial charge in [0.25, 0.3) is 10.1 Å². The van der Waals surface area contributed by atoms with Crippen LogP contribution in [0.3, 0.4) is 0 Å². The molecule has 0 aliphatic carbocycles. The smallest absolute Gasteiger partial charge is 0.295 e. The summed E-state index contributed by atoms with van der Waals surface area (Å²) >= 11 is 0. The Morgan fingerprint density at radius 3 is 2.75 bits per heavy atom. The summed E-state index contributed by atoms with van der Waals surface area (Å²) in [6.07, 6.45) is 0.335. The molecule has 1 aromatic rings. The van der Waals surface area contributed by atoms with Crippen LogP contribution in [0, 0.1) is 12.8 Å². The van der Waals surface area contributed by atoms with Crippen LogP contribution in [-0.4, -0.2) is 45.4 Å². The first-order valence-corrected chi connectivity index (χ1v) is 9.04. The highest BCUT2D eigenvalue weighted by Crippen LogP contribution is 2.27. The molecule has 0 radical (unpaired) electrons. The van der Waals surface area contributed by atoms with Gasteiger partial charge in [0.05, 0.1) is 32.3 Å². The molecule has 3 N–H and O–H groups in total. The van der Waals surface area contributed by atoms with E-state index in [4.69, 9.17) is 15.2 Å². The highest BCUT2D eigenvalue weighted by Gasteiger charge is 2.31. The van der Waals surface area contributed by atoms with Gasteiger partial charge in [-0.25, -0.2) is 4.39 Å². The highest BCUT2D eigenvalue weighted by molar-refractivity contribution is 7.86. The summed E-state index contributed by atoms with van der Waals surface area (Å²) in [5, 5.41) is 0. The van der Waals surface area contributed by atoms with Crippen molar-refractivity contribution in [3.63, 3.8) is 0 Å². The van der Waals surface area contributed by atoms with Crippen LogP contribution in [-0.2, 0) is 26.0 Å². The molecule has 0 bridgehead atoms. The van der Waals surface area contributed by atoms with Crippen molar-refractivity contribution in [1.29, 1.82) is 0 Å². The molecule has 1 saturated heterocycles. The van der Waals surface area contributed by atoms with E-state index in [2.05, 4.69) is 0 Å². The fourth-order valence-corrected chi connectivity index (χ4v) is 3.60. The van der Waals surface area contributed by atoms with Gasteiger partial charge in [0.2, 0.25) is 0 Å². The van der Waals surface area contributed by atoms with Gasteiger partial charge >= 0.3 is 0 Å². The molecule has 134 valence electrons. The summed E-state index contributed by atoms with van der Waals surface area (Å²) in [7, 11) is -4.34. The van der Waals surface area contributed by atoms with Crippen LogP contribution in [0.25, 0.3) is 0 Å². The summed E-state index contributed by atoms with van der Waals surface area (Å²) < 4.78 is 56.4. The Kier molecular flexibility index (Phi) is 6.47. The van der Waals surface area contributed by atoms with Crippen LogP contribution in [0.2, 0.25) is 0 Å². The number of benzene rings is 1. The lowest BCUT2D eigenvalue weighted by molar-refractivity contribution is -0.110. The van der Waals surface area contributed by atoms with E-state index in [0.29, 0.717) is 36.2 Å². The topological polar surface area (TPSA) is 98.9 Å². The van der Waals surface area contributed by atoms with E-state index in [1.807, 2.05) is 0 Å². The molecule has 1 aliphatic rings. The van der Waals surface area contributed by atoms with Crippen LogP contribution in [0.5, 0.6) is 0 Å². The third-order valence-electron chi connectivity index (χ3n) is 4.06. The molecular formula is C16H22FNO5S. The Hall–Kier alpha value is -1.32. The Balaban J connectivity index is 2.22. The van der Waals surface area contributed by atoms with Crippen LogP contribution in [0.15, 0.2) is 35.0 Å². The lowest BCUT2D eigenvalue weighted by atomic mass is 9.93. The first kappa shape index (κ1) is 19.0. The SMILES string of the molecule is Cc1cccc(CC(OCC(=CF)CN)C2COC2)c1S(=O)(=O)O. The van der Waals surface area contributed by atoms with E-state index in [1.54, 1.807) is 25.1 Å². The van der Waals surface area contributed by atoms with Crippen molar-refractivity contribution in [2.24, 2.45) is 11.7 Å². The molecule has 1 aliphatic heterocycles. The molecule has 0 spiro atoms. The van der Waals surface area contributed by atoms with Gasteiger partial charge in [-0.3, -0.25) is 4.55 Å². The molecule has 2 rings (SSSR count). The first-order chi connectivity index (χ1) is 11.4. The van der Waals surface area contributed by atoms with Crippen molar-refractivity contribution < 1.29 is 26.8 Å². The Bertz CT molecular complexity index is 700. The molecule has 1 aromatic carbocycles. The van der Waals surface area contributed by atoms with Crippen molar-refractivity contribution in [3.8, 4) is 0 Å². The van der Waals surface area contributed by atoms with Crippen molar-refractivity contribution in [2.75, 3.05) is 26.4 Å². The number of halogens is 1. The summed E-state index contributed by atoms with van der Waals surface area (Å²) in [6, 6.07) is 4.98. The normalized spacial score (nSPS) is 17.6. The number of rotatable bonds is 8. The van der Waals surface area contributed by atoms with Crippen LogP contribution in [0.4, 0.5) is 4.39 Å². The summed E-state index contributed by atoms with van der Waals surface area (Å²) in [5.41, 5.74) is 6.67. The summed E-state index contributed by atoms with van der Waals surface area (Å²) in [5.74, 6) is 0.0818. The maximum atomic E-state index is 12.6. The van der Waals surface area contributed by atoms with Crippen molar-refractivity contribution >= 4 is 10.1 Å². The van der Waals surface area contributed by atoms with Crippen molar-refractivity contribution in [3.05, 3.63) is 41.2 Å². The molecule has 24 heavy (non-hydrogen) atoms. The van der Waals surface area contributed by atoms with Gasteiger partial charge in [-0.05, 0) is 23.6 Å². The van der Waals surface area contributed by atoms with E-state index in [9.17, 15) is 17.4 Å². The monoisotopic (exact) mass is 359 g/mol. The van der Waals surface area contributed by atoms with Gasteiger partial charge in [0.1, 0.15) is 4.90 Å². The average Bonchev–Trinajstić information content (AvgIpc) is 2.45. The standard InChI is InChI=1S/C16H22FNO5S/c1-11-3-2-4-13(16(11)24(19,20)21)5-15(14-9-22-10-14)23-8-12(6-17)7-18/h2-4,6,14-15H,5,7-10,18H2,1H3,(H,19,20,21). The number of nitrogens with two attached hydrogens (primary N) is 1. The molecule has 1 atom stereocenters. The largest absolute Gasteiger partial charge is 0.380 e. The second kappa shape index (κ2) is 8.17. The predicted molar refractivity (Wildman–Crippen MR) is 87.0 cm³/mol. The van der Waals surface area contributed by atoms with Gasteiger partial charge in [-0.15, -0.1) is 0 Å². The van der Waals surface area contributed by atoms with Crippen LogP contribution in [0.1, 0.15) is 11.1 Å². The van der Waals surface area contributed by atoms with E-state index in [-0.39, 0.29) is 36.5 Å². The van der Waals surface area contributed by atoms with Gasteiger partial charge < -0.3 is 15.2 Å². The Labute approximate surface area is 141 Å². The second-order valence-electron chi connectivity index (χ2n) is 5.86. The molecule has 6 nitrogen and oxygen atoms in total. The molecule has 1 unspecified atom stereocenters. The minimum absolute atomic E-state index is 0.0290. The fraction of sp³-hybridized carbons (Fsp3) is 0.500. The summed E-state index contributed by atoms with van der Waals surface area (Å²) in [6.45, 7) is 2.68. The van der Waals surface area contributed by atoms with E-state index in [1.165, 1.54) is 0 Å². The zero-order valence-corrected chi connectivity index (χ0v) is 14.3. The molecule has 1 heterocycles. The number of aryl methyl sites for hydroxylation is 1. The van der Waals surface area contributed by atoms with E-state index in [0.717, 1.165) is 0 Å². The zero-order chi connectivity index (χ0) is 17.7. The first-order valence-electron chi connectivity index (χ1n) is 7.60. The maximum absolute atomic E-state index is 12.6. The quantitative estimate of drug-likeness (QED) is 0.685. The zero-order valence-electron chi connectivity index (χ0n) is 13.4. The number of ether oxygens (including phenoxy) is 2. The van der Waals surface area contributed by atoms with Crippen LogP contribution >= 0.6 is 0 Å². The second-order valence-corrected chi connectivity index (χ2v) is 7.22. The van der Waals surface area contributed by atoms with Crippen molar-refractivity contribution in [1.82, 2.24) is 0 Å². The molecular weight excluding hydrogens is 337 g/mol. The Morgan fingerprint density at radius 1 is 1.54 bits per heavy atom. The fourth-order valence-electron chi connectivity index (χ4n) is 2.64. The van der Waals surface area contributed by atoms with Crippen LogP contribution < -0.4 is 5.73 Å². The molecule has 0 amide bonds. The molecule has 8 heteroatoms. The third-order valence-corrected chi connectivity index (χ3v) is 5.16. The van der Waals surface area contributed by atoms with E-state index < -0.39 is 10.1 Å². The van der Waals surface area contributed by atoms with Crippen molar-refractivity contribution in [2.45, 2.75) is 24.3 Å². The molecule has 1 fully saturated rings. The maximum Gasteiger partial charge on any atom is 0.295 e. The van der Waals surface area contributed by atoms with Gasteiger partial charge in [0.15, 0.2) is 0 Å². The van der Waals surface area contributed by atoms with Gasteiger partial charge in [-0.1, -0.05) is 18.2 Å². The lowest BCUT2D eigenvalue weighted by Crippen LogP contribution is -2.41.